The molecule has 1 amide bonds. The van der Waals surface area contributed by atoms with Crippen molar-refractivity contribution < 1.29 is 23.6 Å². The van der Waals surface area contributed by atoms with Crippen molar-refractivity contribution in [1.82, 2.24) is 10.5 Å². The second-order valence-corrected chi connectivity index (χ2v) is 5.45. The number of hydrogen-bond acceptors (Lipinski definition) is 8. The number of ether oxygens (including phenoxy) is 1. The summed E-state index contributed by atoms with van der Waals surface area (Å²) in [5, 5.41) is 6.12. The van der Waals surface area contributed by atoms with Gasteiger partial charge in [-0.1, -0.05) is 5.16 Å². The SMILES string of the molecule is CN=C(N)c1noc2c1C(=O)C(SCCNC(=O)OC)=CC2=O. The number of allylic oxidation sites excluding steroid dienone is 2. The van der Waals surface area contributed by atoms with Crippen molar-refractivity contribution in [3.63, 3.8) is 0 Å². The average molecular weight is 338 g/mol. The molecule has 0 saturated heterocycles. The zero-order valence-electron chi connectivity index (χ0n) is 12.4. The standard InChI is InChI=1S/C13H14N4O5S/c1-15-12(14)9-8-10(19)7(5-6(18)11(8)22-17-9)23-4-3-16-13(20)21-2/h5H,3-4H2,1-2H3,(H2,14,15)(H,16,20). The molecule has 0 spiro atoms. The highest BCUT2D eigenvalue weighted by molar-refractivity contribution is 8.04. The summed E-state index contributed by atoms with van der Waals surface area (Å²) in [6.45, 7) is 0.276. The van der Waals surface area contributed by atoms with Crippen LogP contribution in [0.25, 0.3) is 0 Å². The van der Waals surface area contributed by atoms with Crippen LogP contribution in [-0.4, -0.2) is 55.1 Å². The maximum Gasteiger partial charge on any atom is 0.406 e. The van der Waals surface area contributed by atoms with Crippen LogP contribution in [0, 0.1) is 0 Å². The summed E-state index contributed by atoms with van der Waals surface area (Å²) in [6, 6.07) is 0. The molecule has 0 bridgehead atoms. The Labute approximate surface area is 135 Å². The van der Waals surface area contributed by atoms with Crippen molar-refractivity contribution in [2.24, 2.45) is 10.7 Å². The van der Waals surface area contributed by atoms with E-state index in [9.17, 15) is 14.4 Å². The Morgan fingerprint density at radius 2 is 2.26 bits per heavy atom. The van der Waals surface area contributed by atoms with Crippen molar-refractivity contribution in [3.8, 4) is 0 Å². The minimum atomic E-state index is -0.568. The predicted molar refractivity (Wildman–Crippen MR) is 82.8 cm³/mol. The maximum absolute atomic E-state index is 12.5. The van der Waals surface area contributed by atoms with Crippen LogP contribution >= 0.6 is 11.8 Å². The van der Waals surface area contributed by atoms with E-state index in [1.165, 1.54) is 20.2 Å². The molecule has 0 fully saturated rings. The van der Waals surface area contributed by atoms with Crippen molar-refractivity contribution in [3.05, 3.63) is 28.0 Å². The molecular formula is C13H14N4O5S. The van der Waals surface area contributed by atoms with E-state index in [-0.39, 0.29) is 34.3 Å². The first-order chi connectivity index (χ1) is 11.0. The molecule has 0 saturated carbocycles. The Balaban J connectivity index is 2.13. The molecule has 1 aromatic heterocycles. The smallest absolute Gasteiger partial charge is 0.406 e. The van der Waals surface area contributed by atoms with E-state index in [4.69, 9.17) is 10.3 Å². The normalized spacial score (nSPS) is 14.3. The summed E-state index contributed by atoms with van der Waals surface area (Å²) in [4.78, 5) is 39.4. The average Bonchev–Trinajstić information content (AvgIpc) is 3.00. The van der Waals surface area contributed by atoms with Crippen LogP contribution in [-0.2, 0) is 4.74 Å². The van der Waals surface area contributed by atoms with Gasteiger partial charge in [0.05, 0.1) is 12.0 Å². The number of nitrogens with two attached hydrogens (primary N) is 1. The zero-order chi connectivity index (χ0) is 17.0. The maximum atomic E-state index is 12.5. The number of carbonyl (C=O) groups is 3. The molecule has 0 aromatic carbocycles. The molecule has 1 aliphatic carbocycles. The van der Waals surface area contributed by atoms with Gasteiger partial charge in [-0.25, -0.2) is 4.79 Å². The summed E-state index contributed by atoms with van der Waals surface area (Å²) in [5.74, 6) is -0.632. The number of aromatic nitrogens is 1. The van der Waals surface area contributed by atoms with Gasteiger partial charge in [0.1, 0.15) is 11.4 Å². The molecule has 1 aromatic rings. The first-order valence-corrected chi connectivity index (χ1v) is 7.45. The lowest BCUT2D eigenvalue weighted by Gasteiger charge is -2.11. The summed E-state index contributed by atoms with van der Waals surface area (Å²) in [5.41, 5.74) is 5.74. The molecule has 9 nitrogen and oxygen atoms in total. The molecule has 3 N–H and O–H groups in total. The molecule has 2 rings (SSSR count). The number of alkyl carbamates (subject to hydrolysis) is 1. The fourth-order valence-electron chi connectivity index (χ4n) is 1.82. The van der Waals surface area contributed by atoms with Gasteiger partial charge in [-0.05, 0) is 0 Å². The first-order valence-electron chi connectivity index (χ1n) is 6.47. The lowest BCUT2D eigenvalue weighted by molar-refractivity contribution is 0.0967. The van der Waals surface area contributed by atoms with Gasteiger partial charge in [-0.3, -0.25) is 14.6 Å². The summed E-state index contributed by atoms with van der Waals surface area (Å²) in [7, 11) is 2.69. The monoisotopic (exact) mass is 338 g/mol. The molecule has 1 heterocycles. The fraction of sp³-hybridized carbons (Fsp3) is 0.308. The number of rotatable bonds is 5. The molecule has 10 heteroatoms. The number of hydrogen-bond donors (Lipinski definition) is 2. The third-order valence-corrected chi connectivity index (χ3v) is 3.95. The van der Waals surface area contributed by atoms with Crippen LogP contribution in [0.15, 0.2) is 20.5 Å². The molecule has 23 heavy (non-hydrogen) atoms. The third-order valence-electron chi connectivity index (χ3n) is 2.93. The highest BCUT2D eigenvalue weighted by atomic mass is 32.2. The van der Waals surface area contributed by atoms with E-state index in [0.29, 0.717) is 5.75 Å². The van der Waals surface area contributed by atoms with Gasteiger partial charge in [0.15, 0.2) is 5.69 Å². The molecule has 1 aliphatic rings. The van der Waals surface area contributed by atoms with Gasteiger partial charge < -0.3 is 20.3 Å². The Morgan fingerprint density at radius 3 is 2.91 bits per heavy atom. The third kappa shape index (κ3) is 3.42. The highest BCUT2D eigenvalue weighted by Gasteiger charge is 2.34. The number of carbonyl (C=O) groups excluding carboxylic acids is 3. The lowest BCUT2D eigenvalue weighted by Crippen LogP contribution is -2.26. The van der Waals surface area contributed by atoms with Gasteiger partial charge >= 0.3 is 6.09 Å². The number of nitrogens with zero attached hydrogens (tertiary/aromatic N) is 2. The molecule has 0 radical (unpaired) electrons. The Bertz CT molecular complexity index is 722. The number of Topliss-reactive ketones (excluding diaryl/α,β-unsaturated/α-hetero) is 1. The van der Waals surface area contributed by atoms with Gasteiger partial charge in [-0.15, -0.1) is 11.8 Å². The summed E-state index contributed by atoms with van der Waals surface area (Å²) < 4.78 is 9.33. The molecule has 0 aliphatic heterocycles. The second-order valence-electron chi connectivity index (χ2n) is 4.31. The van der Waals surface area contributed by atoms with Crippen LogP contribution in [0.2, 0.25) is 0 Å². The number of nitrogens with one attached hydrogen (secondary N) is 1. The quantitative estimate of drug-likeness (QED) is 0.446. The number of amides is 1. The van der Waals surface area contributed by atoms with Gasteiger partial charge in [0, 0.05) is 25.4 Å². The fourth-order valence-corrected chi connectivity index (χ4v) is 2.66. The number of aliphatic imine (C=N–C) groups is 1. The second kappa shape index (κ2) is 7.09. The highest BCUT2D eigenvalue weighted by Crippen LogP contribution is 2.30. The number of ketones is 2. The number of thioether (sulfide) groups is 1. The van der Waals surface area contributed by atoms with Gasteiger partial charge in [0.2, 0.25) is 17.3 Å². The van der Waals surface area contributed by atoms with Crippen molar-refractivity contribution in [2.75, 3.05) is 26.5 Å². The first kappa shape index (κ1) is 16.7. The molecule has 122 valence electrons. The van der Waals surface area contributed by atoms with Gasteiger partial charge in [-0.2, -0.15) is 0 Å². The minimum Gasteiger partial charge on any atom is -0.453 e. The minimum absolute atomic E-state index is 0.00904. The number of methoxy groups -OCH3 is 1. The van der Waals surface area contributed by atoms with E-state index < -0.39 is 17.7 Å². The Morgan fingerprint density at radius 1 is 1.52 bits per heavy atom. The molecule has 0 unspecified atom stereocenters. The van der Waals surface area contributed by atoms with E-state index >= 15 is 0 Å². The Kier molecular flexibility index (Phi) is 5.16. The largest absolute Gasteiger partial charge is 0.453 e. The van der Waals surface area contributed by atoms with Crippen LogP contribution < -0.4 is 11.1 Å². The van der Waals surface area contributed by atoms with E-state index in [1.807, 2.05) is 0 Å². The molecule has 0 atom stereocenters. The van der Waals surface area contributed by atoms with Crippen molar-refractivity contribution in [2.45, 2.75) is 0 Å². The van der Waals surface area contributed by atoms with E-state index in [1.54, 1.807) is 0 Å². The van der Waals surface area contributed by atoms with Gasteiger partial charge in [0.25, 0.3) is 0 Å². The number of fused-ring (bicyclic) bond motifs is 1. The van der Waals surface area contributed by atoms with E-state index in [2.05, 4.69) is 20.2 Å². The Hall–Kier alpha value is -2.62. The predicted octanol–water partition coefficient (Wildman–Crippen LogP) is 0.362. The van der Waals surface area contributed by atoms with Crippen LogP contribution in [0.5, 0.6) is 0 Å². The number of amidine groups is 1. The zero-order valence-corrected chi connectivity index (χ0v) is 13.2. The van der Waals surface area contributed by atoms with Crippen LogP contribution in [0.3, 0.4) is 0 Å². The summed E-state index contributed by atoms with van der Waals surface area (Å²) in [6.07, 6.45) is 0.614. The van der Waals surface area contributed by atoms with Crippen LogP contribution in [0.4, 0.5) is 4.79 Å². The summed E-state index contributed by atoms with van der Waals surface area (Å²) >= 11 is 1.13. The van der Waals surface area contributed by atoms with E-state index in [0.717, 1.165) is 11.8 Å². The van der Waals surface area contributed by atoms with Crippen molar-refractivity contribution >= 4 is 35.3 Å². The van der Waals surface area contributed by atoms with Crippen molar-refractivity contribution in [1.29, 1.82) is 0 Å². The topological polar surface area (TPSA) is 137 Å². The lowest BCUT2D eigenvalue weighted by atomic mass is 9.99. The molecular weight excluding hydrogens is 324 g/mol. The van der Waals surface area contributed by atoms with Crippen LogP contribution in [0.1, 0.15) is 26.6 Å².